The van der Waals surface area contributed by atoms with Gasteiger partial charge in [-0.15, -0.1) is 0 Å². The number of amides is 1. The summed E-state index contributed by atoms with van der Waals surface area (Å²) in [5, 5.41) is 7.43. The van der Waals surface area contributed by atoms with Gasteiger partial charge < -0.3 is 10.1 Å². The van der Waals surface area contributed by atoms with Gasteiger partial charge in [-0.25, -0.2) is 9.07 Å². The molecule has 0 saturated carbocycles. The van der Waals surface area contributed by atoms with Crippen molar-refractivity contribution in [1.29, 1.82) is 0 Å². The molecule has 1 amide bonds. The maximum atomic E-state index is 14.0. The Morgan fingerprint density at radius 2 is 1.85 bits per heavy atom. The van der Waals surface area contributed by atoms with E-state index in [1.807, 2.05) is 60.8 Å². The van der Waals surface area contributed by atoms with Crippen LogP contribution in [0.5, 0.6) is 5.75 Å². The Bertz CT molecular complexity index is 1420. The molecule has 0 bridgehead atoms. The number of carbonyl (C=O) groups is 1. The van der Waals surface area contributed by atoms with Gasteiger partial charge in [-0.05, 0) is 36.4 Å². The minimum atomic E-state index is -0.306. The van der Waals surface area contributed by atoms with Crippen LogP contribution in [0.25, 0.3) is 23.0 Å². The number of halogens is 1. The van der Waals surface area contributed by atoms with Crippen LogP contribution < -0.4 is 10.1 Å². The third-order valence-electron chi connectivity index (χ3n) is 5.15. The third kappa shape index (κ3) is 4.78. The third-order valence-corrected chi connectivity index (χ3v) is 6.31. The minimum Gasteiger partial charge on any atom is -0.489 e. The molecule has 34 heavy (non-hydrogen) atoms. The predicted octanol–water partition coefficient (Wildman–Crippen LogP) is 5.75. The smallest absolute Gasteiger partial charge is 0.263 e. The first-order valence-electron chi connectivity index (χ1n) is 10.4. The molecule has 2 heterocycles. The number of hydrogen-bond donors (Lipinski definition) is 1. The molecule has 0 radical (unpaired) electrons. The fourth-order valence-electron chi connectivity index (χ4n) is 3.50. The van der Waals surface area contributed by atoms with Gasteiger partial charge >= 0.3 is 0 Å². The molecule has 1 saturated heterocycles. The zero-order valence-corrected chi connectivity index (χ0v) is 19.4. The van der Waals surface area contributed by atoms with Gasteiger partial charge in [0.15, 0.2) is 0 Å². The van der Waals surface area contributed by atoms with E-state index in [4.69, 9.17) is 22.1 Å². The number of nitrogens with one attached hydrogen (secondary N) is 1. The van der Waals surface area contributed by atoms with Crippen LogP contribution in [0, 0.1) is 5.82 Å². The molecule has 0 atom stereocenters. The second-order valence-electron chi connectivity index (χ2n) is 7.47. The van der Waals surface area contributed by atoms with Gasteiger partial charge in [-0.2, -0.15) is 5.10 Å². The van der Waals surface area contributed by atoms with Crippen LogP contribution in [0.2, 0.25) is 0 Å². The average Bonchev–Trinajstić information content (AvgIpc) is 3.42. The van der Waals surface area contributed by atoms with E-state index in [-0.39, 0.29) is 18.3 Å². The van der Waals surface area contributed by atoms with E-state index in [1.54, 1.807) is 29.0 Å². The summed E-state index contributed by atoms with van der Waals surface area (Å²) in [5.74, 6) is 0.0533. The Kier molecular flexibility index (Phi) is 6.24. The molecular formula is C26H18FN3O2S2. The number of aromatic nitrogens is 2. The van der Waals surface area contributed by atoms with Gasteiger partial charge in [0, 0.05) is 22.9 Å². The molecule has 1 fully saturated rings. The lowest BCUT2D eigenvalue weighted by Gasteiger charge is -2.08. The van der Waals surface area contributed by atoms with Crippen molar-refractivity contribution in [2.45, 2.75) is 6.61 Å². The van der Waals surface area contributed by atoms with E-state index in [1.165, 1.54) is 17.8 Å². The van der Waals surface area contributed by atoms with Crippen LogP contribution in [-0.2, 0) is 11.4 Å². The van der Waals surface area contributed by atoms with Crippen LogP contribution in [0.15, 0.2) is 90.0 Å². The summed E-state index contributed by atoms with van der Waals surface area (Å²) >= 11 is 6.34. The first-order chi connectivity index (χ1) is 16.6. The first-order valence-corrected chi connectivity index (χ1v) is 11.7. The molecule has 5 rings (SSSR count). The van der Waals surface area contributed by atoms with Crippen LogP contribution in [0.1, 0.15) is 11.1 Å². The van der Waals surface area contributed by atoms with Gasteiger partial charge in [-0.1, -0.05) is 72.5 Å². The lowest BCUT2D eigenvalue weighted by Crippen LogP contribution is -2.17. The summed E-state index contributed by atoms with van der Waals surface area (Å²) in [6.07, 6.45) is 3.66. The van der Waals surface area contributed by atoms with E-state index >= 15 is 0 Å². The van der Waals surface area contributed by atoms with Crippen molar-refractivity contribution < 1.29 is 13.9 Å². The topological polar surface area (TPSA) is 56.2 Å². The number of thiocarbonyl (C=S) groups is 1. The molecule has 1 aliphatic rings. The molecule has 0 spiro atoms. The number of rotatable bonds is 6. The fraction of sp³-hybridized carbons (Fsp3) is 0.0385. The van der Waals surface area contributed by atoms with Crippen molar-refractivity contribution in [3.8, 4) is 22.7 Å². The maximum Gasteiger partial charge on any atom is 0.263 e. The fourth-order valence-corrected chi connectivity index (χ4v) is 4.54. The van der Waals surface area contributed by atoms with Crippen molar-refractivity contribution in [2.75, 3.05) is 0 Å². The average molecular weight is 488 g/mol. The second-order valence-corrected chi connectivity index (χ2v) is 9.19. The maximum absolute atomic E-state index is 14.0. The van der Waals surface area contributed by atoms with Crippen LogP contribution in [-0.4, -0.2) is 20.0 Å². The highest BCUT2D eigenvalue weighted by molar-refractivity contribution is 8.26. The van der Waals surface area contributed by atoms with E-state index in [9.17, 15) is 9.18 Å². The summed E-state index contributed by atoms with van der Waals surface area (Å²) in [4.78, 5) is 12.8. The summed E-state index contributed by atoms with van der Waals surface area (Å²) in [5.41, 5.74) is 3.61. The number of carbonyl (C=O) groups excluding carboxylic acids is 1. The van der Waals surface area contributed by atoms with Crippen molar-refractivity contribution in [3.05, 3.63) is 107 Å². The number of benzene rings is 3. The summed E-state index contributed by atoms with van der Waals surface area (Å²) < 4.78 is 22.0. The Hall–Kier alpha value is -3.75. The zero-order chi connectivity index (χ0) is 23.5. The van der Waals surface area contributed by atoms with E-state index in [0.717, 1.165) is 16.8 Å². The molecule has 5 nitrogen and oxygen atoms in total. The Morgan fingerprint density at radius 1 is 1.06 bits per heavy atom. The lowest BCUT2D eigenvalue weighted by atomic mass is 10.1. The van der Waals surface area contributed by atoms with Gasteiger partial charge in [0.05, 0.1) is 10.6 Å². The highest BCUT2D eigenvalue weighted by Gasteiger charge is 2.23. The highest BCUT2D eigenvalue weighted by atomic mass is 32.2. The highest BCUT2D eigenvalue weighted by Crippen LogP contribution is 2.32. The molecule has 1 aromatic heterocycles. The molecule has 0 aliphatic carbocycles. The Labute approximate surface area is 205 Å². The van der Waals surface area contributed by atoms with Gasteiger partial charge in [0.2, 0.25) is 0 Å². The summed E-state index contributed by atoms with van der Waals surface area (Å²) in [6, 6.07) is 23.7. The molecule has 168 valence electrons. The van der Waals surface area contributed by atoms with E-state index in [2.05, 4.69) is 5.32 Å². The van der Waals surface area contributed by atoms with E-state index in [0.29, 0.717) is 26.2 Å². The van der Waals surface area contributed by atoms with Gasteiger partial charge in [-0.3, -0.25) is 4.79 Å². The lowest BCUT2D eigenvalue weighted by molar-refractivity contribution is -0.115. The summed E-state index contributed by atoms with van der Waals surface area (Å²) in [7, 11) is 0. The monoisotopic (exact) mass is 487 g/mol. The van der Waals surface area contributed by atoms with Gasteiger partial charge in [0.1, 0.15) is 28.2 Å². The zero-order valence-electron chi connectivity index (χ0n) is 17.8. The largest absolute Gasteiger partial charge is 0.489 e. The quantitative estimate of drug-likeness (QED) is 0.277. The van der Waals surface area contributed by atoms with Gasteiger partial charge in [0.25, 0.3) is 5.91 Å². The number of nitrogens with zero attached hydrogens (tertiary/aromatic N) is 2. The molecular weight excluding hydrogens is 469 g/mol. The van der Waals surface area contributed by atoms with Crippen molar-refractivity contribution in [2.24, 2.45) is 0 Å². The normalized spacial score (nSPS) is 14.4. The Morgan fingerprint density at radius 3 is 2.62 bits per heavy atom. The molecule has 1 aliphatic heterocycles. The number of para-hydroxylation sites is 1. The number of ether oxygens (including phenoxy) is 1. The van der Waals surface area contributed by atoms with Crippen LogP contribution in [0.3, 0.4) is 0 Å². The molecule has 1 N–H and O–H groups in total. The second kappa shape index (κ2) is 9.62. The predicted molar refractivity (Wildman–Crippen MR) is 136 cm³/mol. The molecule has 0 unspecified atom stereocenters. The molecule has 4 aromatic rings. The van der Waals surface area contributed by atoms with Crippen molar-refractivity contribution >= 4 is 40.3 Å². The summed E-state index contributed by atoms with van der Waals surface area (Å²) in [6.45, 7) is 0.111. The first kappa shape index (κ1) is 22.1. The number of thioether (sulfide) groups is 1. The molecule has 3 aromatic carbocycles. The SMILES string of the molecule is O=C1NC(=S)S/C1=C\c1cn(-c2ccccc2)nc1-c1cccc(OCc2ccccc2F)c1. The van der Waals surface area contributed by atoms with Crippen LogP contribution in [0.4, 0.5) is 4.39 Å². The standard InChI is InChI=1S/C26H18FN3O2S2/c27-22-12-5-4-7-18(22)16-32-21-11-6-8-17(13-21)24-19(14-23-25(31)28-26(33)34-23)15-30(29-24)20-9-2-1-3-10-20/h1-15H,16H2,(H,28,31,33)/b23-14-. The van der Waals surface area contributed by atoms with Crippen molar-refractivity contribution in [3.63, 3.8) is 0 Å². The minimum absolute atomic E-state index is 0.111. The van der Waals surface area contributed by atoms with Crippen LogP contribution >= 0.6 is 24.0 Å². The van der Waals surface area contributed by atoms with Crippen molar-refractivity contribution in [1.82, 2.24) is 15.1 Å². The van der Waals surface area contributed by atoms with E-state index < -0.39 is 0 Å². The molecule has 8 heteroatoms. The number of hydrogen-bond acceptors (Lipinski definition) is 5. The Balaban J connectivity index is 1.51.